The number of nitrogens with zero attached hydrogens (tertiary/aromatic N) is 3. The van der Waals surface area contributed by atoms with Crippen molar-refractivity contribution in [3.05, 3.63) is 70.4 Å². The van der Waals surface area contributed by atoms with Crippen LogP contribution in [0.5, 0.6) is 5.75 Å². The van der Waals surface area contributed by atoms with Crippen molar-refractivity contribution in [3.8, 4) is 16.2 Å². The summed E-state index contributed by atoms with van der Waals surface area (Å²) in [6.07, 6.45) is -0.749. The Morgan fingerprint density at radius 3 is 2.53 bits per heavy atom. The van der Waals surface area contributed by atoms with Crippen molar-refractivity contribution in [2.24, 2.45) is 11.7 Å². The van der Waals surface area contributed by atoms with E-state index in [1.165, 1.54) is 16.2 Å². The number of nitrogens with one attached hydrogen (secondary N) is 1. The van der Waals surface area contributed by atoms with Gasteiger partial charge in [-0.15, -0.1) is 23.7 Å². The molecule has 0 aliphatic carbocycles. The number of benzene rings is 2. The van der Waals surface area contributed by atoms with Gasteiger partial charge in [0.05, 0.1) is 48.6 Å². The molecule has 3 atom stereocenters. The molecule has 0 spiro atoms. The monoisotopic (exact) mass is 715 g/mol. The second-order valence-electron chi connectivity index (χ2n) is 12.3. The molecule has 3 heterocycles. The van der Waals surface area contributed by atoms with E-state index in [1.54, 1.807) is 16.5 Å². The van der Waals surface area contributed by atoms with E-state index in [0.717, 1.165) is 27.3 Å². The molecule has 1 aromatic heterocycles. The number of aliphatic hydroxyl groups is 1. The normalized spacial score (nSPS) is 17.6. The van der Waals surface area contributed by atoms with Crippen molar-refractivity contribution in [2.75, 3.05) is 46.1 Å². The number of likely N-dealkylation sites (tertiary alicyclic amines) is 1. The van der Waals surface area contributed by atoms with Crippen molar-refractivity contribution in [3.63, 3.8) is 0 Å². The number of hydrogen-bond donors (Lipinski definition) is 3. The largest absolute Gasteiger partial charge is 0.491 e. The van der Waals surface area contributed by atoms with Crippen LogP contribution in [0.3, 0.4) is 0 Å². The number of aromatic nitrogens is 1. The maximum absolute atomic E-state index is 14.1. The fraction of sp³-hybridized carbons (Fsp3) is 0.486. The summed E-state index contributed by atoms with van der Waals surface area (Å²) in [6, 6.07) is 11.5. The number of aliphatic hydroxyl groups excluding tert-OH is 1. The van der Waals surface area contributed by atoms with Gasteiger partial charge in [0.1, 0.15) is 24.4 Å². The molecule has 3 amide bonds. The lowest BCUT2D eigenvalue weighted by molar-refractivity contribution is -0.143. The molecule has 2 aliphatic heterocycles. The van der Waals surface area contributed by atoms with Gasteiger partial charge >= 0.3 is 0 Å². The molecule has 0 bridgehead atoms. The highest BCUT2D eigenvalue weighted by molar-refractivity contribution is 7.13. The molecule has 2 aliphatic rings. The Bertz CT molecular complexity index is 1590. The van der Waals surface area contributed by atoms with Crippen LogP contribution >= 0.6 is 23.7 Å². The van der Waals surface area contributed by atoms with Gasteiger partial charge in [-0.1, -0.05) is 44.2 Å². The van der Waals surface area contributed by atoms with E-state index in [2.05, 4.69) is 10.3 Å². The zero-order chi connectivity index (χ0) is 34.2. The standard InChI is InChI=1S/C35H45N5O7S.ClH/c1-22(2)31(40-19-26-6-4-5-7-28(26)34(40)43)35(44)39-20-27(41)17-29(39)33(42)37-18-25-9-8-24(32-23(3)38-21-48-32)16-30(25)47-15-14-46-13-12-45-11-10-36;/h4-9,16,21-22,27,29,31,41H,10-15,17-20,36H2,1-3H3,(H,37,42);1H/t27?,29?,31-;/m0./s1. The summed E-state index contributed by atoms with van der Waals surface area (Å²) in [5, 5.41) is 13.6. The number of fused-ring (bicyclic) bond motifs is 1. The molecule has 2 unspecified atom stereocenters. The number of β-amino-alcohol motifs (C(OH)–C–C–N with tert-alkyl or cyclic N) is 1. The third kappa shape index (κ3) is 9.15. The Labute approximate surface area is 297 Å². The van der Waals surface area contributed by atoms with E-state index in [4.69, 9.17) is 19.9 Å². The summed E-state index contributed by atoms with van der Waals surface area (Å²) in [5.74, 6) is -0.541. The van der Waals surface area contributed by atoms with Gasteiger partial charge in [0, 0.05) is 43.7 Å². The van der Waals surface area contributed by atoms with Gasteiger partial charge < -0.3 is 40.2 Å². The second-order valence-corrected chi connectivity index (χ2v) is 13.2. The van der Waals surface area contributed by atoms with Crippen LogP contribution in [0.2, 0.25) is 0 Å². The minimum absolute atomic E-state index is 0. The molecule has 49 heavy (non-hydrogen) atoms. The molecular weight excluding hydrogens is 670 g/mol. The predicted octanol–water partition coefficient (Wildman–Crippen LogP) is 3.17. The van der Waals surface area contributed by atoms with Gasteiger partial charge in [0.2, 0.25) is 11.8 Å². The maximum Gasteiger partial charge on any atom is 0.255 e. The van der Waals surface area contributed by atoms with Crippen LogP contribution in [0.15, 0.2) is 48.0 Å². The van der Waals surface area contributed by atoms with Crippen LogP contribution < -0.4 is 15.8 Å². The summed E-state index contributed by atoms with van der Waals surface area (Å²) in [4.78, 5) is 49.5. The third-order valence-electron chi connectivity index (χ3n) is 8.58. The van der Waals surface area contributed by atoms with Gasteiger partial charge in [0.25, 0.3) is 5.91 Å². The number of ether oxygens (including phenoxy) is 3. The van der Waals surface area contributed by atoms with Gasteiger partial charge in [-0.25, -0.2) is 4.98 Å². The van der Waals surface area contributed by atoms with E-state index in [9.17, 15) is 19.5 Å². The lowest BCUT2D eigenvalue weighted by Gasteiger charge is -2.35. The zero-order valence-corrected chi connectivity index (χ0v) is 29.8. The number of aryl methyl sites for hydroxylation is 1. The molecule has 12 nitrogen and oxygen atoms in total. The van der Waals surface area contributed by atoms with E-state index in [0.29, 0.717) is 50.8 Å². The third-order valence-corrected chi connectivity index (χ3v) is 9.56. The smallest absolute Gasteiger partial charge is 0.255 e. The number of amides is 3. The van der Waals surface area contributed by atoms with Crippen LogP contribution in [-0.2, 0) is 32.2 Å². The van der Waals surface area contributed by atoms with Crippen molar-refractivity contribution < 1.29 is 33.7 Å². The highest BCUT2D eigenvalue weighted by atomic mass is 35.5. The minimum atomic E-state index is -0.882. The number of rotatable bonds is 16. The van der Waals surface area contributed by atoms with Crippen molar-refractivity contribution in [1.82, 2.24) is 20.1 Å². The number of halogens is 1. The Kier molecular flexibility index (Phi) is 13.9. The van der Waals surface area contributed by atoms with Crippen LogP contribution in [0, 0.1) is 12.8 Å². The topological polar surface area (TPSA) is 157 Å². The Morgan fingerprint density at radius 1 is 1.10 bits per heavy atom. The van der Waals surface area contributed by atoms with Crippen molar-refractivity contribution in [2.45, 2.75) is 58.5 Å². The fourth-order valence-corrected chi connectivity index (χ4v) is 7.03. The summed E-state index contributed by atoms with van der Waals surface area (Å²) in [7, 11) is 0. The molecular formula is C35H46ClN5O7S. The zero-order valence-electron chi connectivity index (χ0n) is 28.1. The summed E-state index contributed by atoms with van der Waals surface area (Å²) >= 11 is 1.54. The first-order valence-corrected chi connectivity index (χ1v) is 17.2. The van der Waals surface area contributed by atoms with Crippen molar-refractivity contribution >= 4 is 41.5 Å². The fourth-order valence-electron chi connectivity index (χ4n) is 6.23. The molecule has 14 heteroatoms. The van der Waals surface area contributed by atoms with E-state index >= 15 is 0 Å². The Morgan fingerprint density at radius 2 is 1.84 bits per heavy atom. The first kappa shape index (κ1) is 38.2. The van der Waals surface area contributed by atoms with Gasteiger partial charge in [-0.3, -0.25) is 14.4 Å². The Balaban J connectivity index is 0.00000541. The van der Waals surface area contributed by atoms with E-state index in [-0.39, 0.29) is 62.2 Å². The van der Waals surface area contributed by atoms with Crippen LogP contribution in [0.25, 0.3) is 10.4 Å². The summed E-state index contributed by atoms with van der Waals surface area (Å²) in [5.41, 5.74) is 11.3. The van der Waals surface area contributed by atoms with Crippen LogP contribution in [-0.4, -0.2) is 102 Å². The maximum atomic E-state index is 14.1. The molecule has 0 radical (unpaired) electrons. The second kappa shape index (κ2) is 17.9. The first-order chi connectivity index (χ1) is 23.2. The molecule has 2 aromatic carbocycles. The lowest BCUT2D eigenvalue weighted by atomic mass is 10.0. The molecule has 5 rings (SSSR count). The molecule has 3 aromatic rings. The van der Waals surface area contributed by atoms with Crippen LogP contribution in [0.1, 0.15) is 47.4 Å². The number of carbonyl (C=O) groups excluding carboxylic acids is 3. The highest BCUT2D eigenvalue weighted by Gasteiger charge is 2.45. The van der Waals surface area contributed by atoms with Gasteiger partial charge in [0.15, 0.2) is 0 Å². The molecule has 4 N–H and O–H groups in total. The van der Waals surface area contributed by atoms with Crippen molar-refractivity contribution in [1.29, 1.82) is 0 Å². The van der Waals surface area contributed by atoms with Gasteiger partial charge in [-0.05, 0) is 36.1 Å². The predicted molar refractivity (Wildman–Crippen MR) is 189 cm³/mol. The quantitative estimate of drug-likeness (QED) is 0.190. The number of hydrogen-bond acceptors (Lipinski definition) is 10. The SMILES string of the molecule is Cc1ncsc1-c1ccc(CNC(=O)C2CC(O)CN2C(=O)[C@H](C(C)C)N2Cc3ccccc3C2=O)c(OCCOCCOCCN)c1.Cl. The average molecular weight is 716 g/mol. The molecule has 1 saturated heterocycles. The van der Waals surface area contributed by atoms with E-state index in [1.807, 2.05) is 57.2 Å². The number of carbonyl (C=O) groups is 3. The lowest BCUT2D eigenvalue weighted by Crippen LogP contribution is -2.55. The van der Waals surface area contributed by atoms with Crippen LogP contribution in [0.4, 0.5) is 0 Å². The summed E-state index contributed by atoms with van der Waals surface area (Å²) in [6.45, 7) is 8.66. The first-order valence-electron chi connectivity index (χ1n) is 16.4. The number of thiazole rings is 1. The molecule has 0 saturated carbocycles. The minimum Gasteiger partial charge on any atom is -0.491 e. The van der Waals surface area contributed by atoms with E-state index < -0.39 is 18.2 Å². The molecule has 1 fully saturated rings. The molecule has 266 valence electrons. The Hall–Kier alpha value is -3.59. The highest BCUT2D eigenvalue weighted by Crippen LogP contribution is 2.33. The van der Waals surface area contributed by atoms with Gasteiger partial charge in [-0.2, -0.15) is 0 Å². The average Bonchev–Trinajstić information content (AvgIpc) is 3.78. The summed E-state index contributed by atoms with van der Waals surface area (Å²) < 4.78 is 17.1. The number of nitrogens with two attached hydrogens (primary N) is 1.